The van der Waals surface area contributed by atoms with Crippen LogP contribution in [0.25, 0.3) is 0 Å². The van der Waals surface area contributed by atoms with Gasteiger partial charge in [-0.25, -0.2) is 0 Å². The molecule has 0 atom stereocenters. The minimum absolute atomic E-state index is 0.268. The quantitative estimate of drug-likeness (QED) is 0.450. The predicted molar refractivity (Wildman–Crippen MR) is 99.5 cm³/mol. The fourth-order valence-corrected chi connectivity index (χ4v) is 3.10. The van der Waals surface area contributed by atoms with Crippen LogP contribution in [0.15, 0.2) is 0 Å². The average Bonchev–Trinajstić information content (AvgIpc) is 2.34. The Morgan fingerprint density at radius 3 is 1.68 bits per heavy atom. The van der Waals surface area contributed by atoms with E-state index < -0.39 is 0 Å². The topological polar surface area (TPSA) is 12.5 Å². The van der Waals surface area contributed by atoms with Crippen LogP contribution in [-0.2, 0) is 4.74 Å². The molecule has 0 radical (unpaired) electrons. The first-order valence-corrected chi connectivity index (χ1v) is 9.26. The van der Waals surface area contributed by atoms with E-state index in [0.29, 0.717) is 11.0 Å². The van der Waals surface area contributed by atoms with Crippen LogP contribution in [-0.4, -0.2) is 36.7 Å². The van der Waals surface area contributed by atoms with Crippen LogP contribution in [0.1, 0.15) is 88.0 Å². The van der Waals surface area contributed by atoms with E-state index in [2.05, 4.69) is 67.2 Å². The molecule has 0 aliphatic rings. The molecule has 134 valence electrons. The summed E-state index contributed by atoms with van der Waals surface area (Å²) >= 11 is 0. The zero-order valence-electron chi connectivity index (χ0n) is 17.0. The van der Waals surface area contributed by atoms with Crippen LogP contribution >= 0.6 is 0 Å². The van der Waals surface area contributed by atoms with Crippen molar-refractivity contribution in [1.29, 1.82) is 0 Å². The van der Waals surface area contributed by atoms with E-state index in [1.807, 2.05) is 0 Å². The van der Waals surface area contributed by atoms with Crippen LogP contribution in [0.2, 0.25) is 0 Å². The molecule has 22 heavy (non-hydrogen) atoms. The van der Waals surface area contributed by atoms with E-state index in [1.165, 1.54) is 25.7 Å². The molecule has 0 rings (SSSR count). The molecule has 0 aromatic carbocycles. The fourth-order valence-electron chi connectivity index (χ4n) is 3.10. The maximum absolute atomic E-state index is 5.93. The highest BCUT2D eigenvalue weighted by Crippen LogP contribution is 2.28. The lowest BCUT2D eigenvalue weighted by Crippen LogP contribution is -2.43. The van der Waals surface area contributed by atoms with Crippen molar-refractivity contribution in [3.05, 3.63) is 0 Å². The summed E-state index contributed by atoms with van der Waals surface area (Å²) in [4.78, 5) is 2.57. The van der Waals surface area contributed by atoms with E-state index in [-0.39, 0.29) is 5.41 Å². The summed E-state index contributed by atoms with van der Waals surface area (Å²) < 4.78 is 5.93. The van der Waals surface area contributed by atoms with Crippen LogP contribution in [0.3, 0.4) is 0 Å². The third-order valence-electron chi connectivity index (χ3n) is 4.54. The van der Waals surface area contributed by atoms with E-state index in [0.717, 1.165) is 26.3 Å². The molecule has 0 N–H and O–H groups in total. The Labute approximate surface area is 141 Å². The van der Waals surface area contributed by atoms with Crippen molar-refractivity contribution < 1.29 is 4.74 Å². The van der Waals surface area contributed by atoms with Crippen molar-refractivity contribution in [2.24, 2.45) is 10.8 Å². The Bertz CT molecular complexity index is 285. The summed E-state index contributed by atoms with van der Waals surface area (Å²) in [5.41, 5.74) is 0.894. The summed E-state index contributed by atoms with van der Waals surface area (Å²) in [5.74, 6) is 0. The van der Waals surface area contributed by atoms with Crippen molar-refractivity contribution in [2.75, 3.05) is 26.3 Å². The lowest BCUT2D eigenvalue weighted by atomic mass is 9.86. The molecule has 0 saturated heterocycles. The summed E-state index contributed by atoms with van der Waals surface area (Å²) in [6.07, 6.45) is 5.15. The number of unbranched alkanes of at least 4 members (excludes halogenated alkanes) is 1. The van der Waals surface area contributed by atoms with Gasteiger partial charge >= 0.3 is 0 Å². The molecule has 0 spiro atoms. The Morgan fingerprint density at radius 1 is 0.727 bits per heavy atom. The first kappa shape index (κ1) is 21.9. The van der Waals surface area contributed by atoms with Gasteiger partial charge in [-0.05, 0) is 50.6 Å². The van der Waals surface area contributed by atoms with E-state index >= 15 is 0 Å². The van der Waals surface area contributed by atoms with E-state index in [9.17, 15) is 0 Å². The van der Waals surface area contributed by atoms with Crippen LogP contribution in [0.5, 0.6) is 0 Å². The van der Waals surface area contributed by atoms with Crippen molar-refractivity contribution in [3.63, 3.8) is 0 Å². The second kappa shape index (κ2) is 9.27. The molecule has 2 nitrogen and oxygen atoms in total. The fraction of sp³-hybridized carbons (Fsp3) is 1.00. The summed E-state index contributed by atoms with van der Waals surface area (Å²) in [5, 5.41) is 0. The Kier molecular flexibility index (Phi) is 9.24. The van der Waals surface area contributed by atoms with Crippen LogP contribution in [0.4, 0.5) is 0 Å². The van der Waals surface area contributed by atoms with Gasteiger partial charge in [-0.1, -0.05) is 61.3 Å². The highest BCUT2D eigenvalue weighted by molar-refractivity contribution is 4.80. The standard InChI is InChI=1S/C20H43NO/c1-10-21(11-2)20(8,9)15-13-12-14-19(6,7)17-22-16-18(3,4)5/h10-17H2,1-9H3. The molecule has 0 aliphatic heterocycles. The van der Waals surface area contributed by atoms with Gasteiger partial charge in [-0.2, -0.15) is 0 Å². The molecule has 0 saturated carbocycles. The summed E-state index contributed by atoms with van der Waals surface area (Å²) in [7, 11) is 0. The highest BCUT2D eigenvalue weighted by atomic mass is 16.5. The second-order valence-corrected chi connectivity index (χ2v) is 9.41. The number of hydrogen-bond donors (Lipinski definition) is 0. The molecule has 0 aliphatic carbocycles. The molecule has 2 heteroatoms. The van der Waals surface area contributed by atoms with Gasteiger partial charge < -0.3 is 4.74 Å². The normalized spacial score (nSPS) is 13.9. The highest BCUT2D eigenvalue weighted by Gasteiger charge is 2.24. The van der Waals surface area contributed by atoms with Gasteiger partial charge in [0.25, 0.3) is 0 Å². The van der Waals surface area contributed by atoms with E-state index in [4.69, 9.17) is 4.74 Å². The first-order valence-electron chi connectivity index (χ1n) is 9.26. The third-order valence-corrected chi connectivity index (χ3v) is 4.54. The van der Waals surface area contributed by atoms with Gasteiger partial charge in [-0.15, -0.1) is 0 Å². The van der Waals surface area contributed by atoms with E-state index in [1.54, 1.807) is 0 Å². The van der Waals surface area contributed by atoms with Gasteiger partial charge in [0.15, 0.2) is 0 Å². The summed E-state index contributed by atoms with van der Waals surface area (Å²) in [6.45, 7) is 24.7. The number of nitrogens with zero attached hydrogens (tertiary/aromatic N) is 1. The van der Waals surface area contributed by atoms with Gasteiger partial charge in [0.05, 0.1) is 13.2 Å². The zero-order valence-corrected chi connectivity index (χ0v) is 17.0. The van der Waals surface area contributed by atoms with Gasteiger partial charge in [0, 0.05) is 5.54 Å². The smallest absolute Gasteiger partial charge is 0.0517 e. The maximum Gasteiger partial charge on any atom is 0.0517 e. The van der Waals surface area contributed by atoms with Crippen molar-refractivity contribution >= 4 is 0 Å². The molecule has 0 amide bonds. The molecule has 0 unspecified atom stereocenters. The minimum Gasteiger partial charge on any atom is -0.380 e. The van der Waals surface area contributed by atoms with Gasteiger partial charge in [0.2, 0.25) is 0 Å². The number of rotatable bonds is 11. The van der Waals surface area contributed by atoms with Crippen molar-refractivity contribution in [3.8, 4) is 0 Å². The van der Waals surface area contributed by atoms with Crippen LogP contribution < -0.4 is 0 Å². The molecule has 0 aromatic heterocycles. The van der Waals surface area contributed by atoms with Crippen LogP contribution in [0, 0.1) is 10.8 Å². The molecule has 0 heterocycles. The molecular weight excluding hydrogens is 270 g/mol. The van der Waals surface area contributed by atoms with Gasteiger partial charge in [0.1, 0.15) is 0 Å². The molecule has 0 fully saturated rings. The Morgan fingerprint density at radius 2 is 1.23 bits per heavy atom. The lowest BCUT2D eigenvalue weighted by Gasteiger charge is -2.37. The monoisotopic (exact) mass is 313 g/mol. The minimum atomic E-state index is 0.268. The maximum atomic E-state index is 5.93. The zero-order chi connectivity index (χ0) is 17.4. The number of hydrogen-bond acceptors (Lipinski definition) is 2. The predicted octanol–water partition coefficient (Wildman–Crippen LogP) is 5.76. The Balaban J connectivity index is 4.02. The number of ether oxygens (including phenoxy) is 1. The largest absolute Gasteiger partial charge is 0.380 e. The Hall–Kier alpha value is -0.0800. The second-order valence-electron chi connectivity index (χ2n) is 9.41. The van der Waals surface area contributed by atoms with Crippen molar-refractivity contribution in [2.45, 2.75) is 93.5 Å². The molecular formula is C20H43NO. The first-order chi connectivity index (χ1) is 9.93. The summed E-state index contributed by atoms with van der Waals surface area (Å²) in [6, 6.07) is 0. The molecule has 0 bridgehead atoms. The SMILES string of the molecule is CCN(CC)C(C)(C)CCCCC(C)(C)COCC(C)(C)C. The van der Waals surface area contributed by atoms with Gasteiger partial charge in [-0.3, -0.25) is 4.90 Å². The molecule has 0 aromatic rings. The lowest BCUT2D eigenvalue weighted by molar-refractivity contribution is 0.0167. The average molecular weight is 314 g/mol. The van der Waals surface area contributed by atoms with Crippen molar-refractivity contribution in [1.82, 2.24) is 4.90 Å². The third kappa shape index (κ3) is 9.84.